The van der Waals surface area contributed by atoms with Crippen molar-refractivity contribution in [3.63, 3.8) is 0 Å². The molecule has 0 radical (unpaired) electrons. The van der Waals surface area contributed by atoms with Crippen LogP contribution in [0.15, 0.2) is 52.3 Å². The van der Waals surface area contributed by atoms with E-state index in [1.807, 2.05) is 18.2 Å². The number of ether oxygens (including phenoxy) is 1. The summed E-state index contributed by atoms with van der Waals surface area (Å²) in [7, 11) is 0. The highest BCUT2D eigenvalue weighted by atomic mass is 35.5. The number of aromatic nitrogens is 1. The first-order valence-electron chi connectivity index (χ1n) is 8.93. The van der Waals surface area contributed by atoms with E-state index in [1.54, 1.807) is 6.07 Å². The molecule has 0 amide bonds. The molecule has 30 heavy (non-hydrogen) atoms. The summed E-state index contributed by atoms with van der Waals surface area (Å²) in [6.45, 7) is 0.161. The molecular formula is C20H15ClN2O5S2. The molecule has 0 saturated carbocycles. The van der Waals surface area contributed by atoms with Crippen molar-refractivity contribution in [1.82, 2.24) is 4.98 Å². The molecule has 154 valence electrons. The molecule has 4 rings (SSSR count). The van der Waals surface area contributed by atoms with E-state index in [1.165, 1.54) is 30.0 Å². The lowest BCUT2D eigenvalue weighted by atomic mass is 9.85. The number of halogens is 1. The quantitative estimate of drug-likeness (QED) is 0.325. The number of nitro groups is 1. The minimum absolute atomic E-state index is 0.109. The number of carbonyl (C=O) groups excluding carboxylic acids is 1. The molecule has 0 spiro atoms. The zero-order valence-corrected chi connectivity index (χ0v) is 17.8. The Kier molecular flexibility index (Phi) is 5.94. The number of aromatic amines is 1. The van der Waals surface area contributed by atoms with Crippen LogP contribution in [-0.2, 0) is 11.4 Å². The summed E-state index contributed by atoms with van der Waals surface area (Å²) in [5, 5.41) is 12.6. The zero-order chi connectivity index (χ0) is 21.3. The van der Waals surface area contributed by atoms with Crippen molar-refractivity contribution in [3.8, 4) is 5.75 Å². The summed E-state index contributed by atoms with van der Waals surface area (Å²) >= 11 is 8.62. The standard InChI is InChI=1S/C20H15ClN2O5S2/c21-15-4-2-1-3-11(15)9-28-16-6-5-13(23(26)27)7-14(16)17-12(8-24)10-29-19-18(17)30-20(25)22-19/h1-8,12,17H,9-10H2,(H,22,25)/t12-,17-/m0/s1. The normalized spacial score (nSPS) is 17.9. The van der Waals surface area contributed by atoms with E-state index in [9.17, 15) is 19.7 Å². The molecule has 2 atom stereocenters. The van der Waals surface area contributed by atoms with E-state index in [0.717, 1.165) is 23.2 Å². The number of fused-ring (bicyclic) bond motifs is 1. The number of hydrogen-bond acceptors (Lipinski definition) is 7. The SMILES string of the molecule is O=C[C@H]1CSc2[nH]c(=O)sc2[C@@H]1c1cc([N+](=O)[O-])ccc1OCc1ccccc1Cl. The summed E-state index contributed by atoms with van der Waals surface area (Å²) < 4.78 is 5.99. The van der Waals surface area contributed by atoms with Crippen LogP contribution in [0.25, 0.3) is 0 Å². The van der Waals surface area contributed by atoms with Crippen LogP contribution >= 0.6 is 34.7 Å². The Morgan fingerprint density at radius 2 is 2.10 bits per heavy atom. The average molecular weight is 463 g/mol. The fourth-order valence-electron chi connectivity index (χ4n) is 3.39. The first-order chi connectivity index (χ1) is 14.5. The molecule has 0 saturated heterocycles. The molecule has 0 unspecified atom stereocenters. The molecule has 0 aliphatic carbocycles. The van der Waals surface area contributed by atoms with Gasteiger partial charge in [-0.25, -0.2) is 0 Å². The van der Waals surface area contributed by atoms with Gasteiger partial charge in [0.2, 0.25) is 0 Å². The highest BCUT2D eigenvalue weighted by Crippen LogP contribution is 2.47. The maximum Gasteiger partial charge on any atom is 0.305 e. The summed E-state index contributed by atoms with van der Waals surface area (Å²) in [5.41, 5.74) is 1.16. The number of carbonyl (C=O) groups is 1. The maximum atomic E-state index is 11.9. The predicted molar refractivity (Wildman–Crippen MR) is 116 cm³/mol. The molecule has 0 bridgehead atoms. The molecule has 1 aliphatic rings. The molecule has 1 aliphatic heterocycles. The molecule has 1 N–H and O–H groups in total. The molecule has 2 heterocycles. The van der Waals surface area contributed by atoms with Gasteiger partial charge in [-0.15, -0.1) is 11.8 Å². The smallest absolute Gasteiger partial charge is 0.305 e. The third-order valence-corrected chi connectivity index (χ3v) is 7.45. The summed E-state index contributed by atoms with van der Waals surface area (Å²) in [4.78, 5) is 37.9. The number of non-ortho nitro benzene ring substituents is 1. The summed E-state index contributed by atoms with van der Waals surface area (Å²) in [5.74, 6) is -0.0842. The van der Waals surface area contributed by atoms with Crippen LogP contribution < -0.4 is 9.61 Å². The number of hydrogen-bond donors (Lipinski definition) is 1. The first kappa shape index (κ1) is 20.6. The molecule has 3 aromatic rings. The highest BCUT2D eigenvalue weighted by Gasteiger charge is 2.36. The monoisotopic (exact) mass is 462 g/mol. The van der Waals surface area contributed by atoms with Crippen LogP contribution in [0.5, 0.6) is 5.75 Å². The number of rotatable bonds is 6. The van der Waals surface area contributed by atoms with Gasteiger partial charge in [0.15, 0.2) is 0 Å². The topological polar surface area (TPSA) is 102 Å². The van der Waals surface area contributed by atoms with Gasteiger partial charge >= 0.3 is 4.87 Å². The summed E-state index contributed by atoms with van der Waals surface area (Å²) in [6, 6.07) is 11.5. The van der Waals surface area contributed by atoms with Crippen molar-refractivity contribution in [1.29, 1.82) is 0 Å². The molecule has 1 aromatic heterocycles. The van der Waals surface area contributed by atoms with Gasteiger partial charge in [-0.1, -0.05) is 41.1 Å². The van der Waals surface area contributed by atoms with Gasteiger partial charge in [0.1, 0.15) is 18.6 Å². The van der Waals surface area contributed by atoms with E-state index in [-0.39, 0.29) is 17.2 Å². The van der Waals surface area contributed by atoms with E-state index >= 15 is 0 Å². The Labute approximate surface area is 184 Å². The van der Waals surface area contributed by atoms with Gasteiger partial charge in [0.05, 0.1) is 9.95 Å². The molecule has 10 heteroatoms. The van der Waals surface area contributed by atoms with E-state index in [2.05, 4.69) is 4.98 Å². The van der Waals surface area contributed by atoms with Gasteiger partial charge < -0.3 is 14.5 Å². The van der Waals surface area contributed by atoms with Crippen LogP contribution in [0.2, 0.25) is 5.02 Å². The lowest BCUT2D eigenvalue weighted by molar-refractivity contribution is -0.385. The second kappa shape index (κ2) is 8.63. The molecule has 2 aromatic carbocycles. The van der Waals surface area contributed by atoms with Gasteiger partial charge in [0.25, 0.3) is 5.69 Å². The Morgan fingerprint density at radius 3 is 2.83 bits per heavy atom. The van der Waals surface area contributed by atoms with Crippen LogP contribution in [0.3, 0.4) is 0 Å². The first-order valence-corrected chi connectivity index (χ1v) is 11.1. The molecule has 7 nitrogen and oxygen atoms in total. The van der Waals surface area contributed by atoms with Gasteiger partial charge in [-0.05, 0) is 12.1 Å². The van der Waals surface area contributed by atoms with Crippen molar-refractivity contribution in [2.45, 2.75) is 17.6 Å². The molecular weight excluding hydrogens is 448 g/mol. The number of nitrogens with zero attached hydrogens (tertiary/aromatic N) is 1. The number of nitro benzene ring substituents is 1. The maximum absolute atomic E-state index is 11.9. The van der Waals surface area contributed by atoms with Crippen LogP contribution in [0.1, 0.15) is 21.9 Å². The largest absolute Gasteiger partial charge is 0.489 e. The van der Waals surface area contributed by atoms with Crippen molar-refractivity contribution in [3.05, 3.63) is 83.3 Å². The summed E-state index contributed by atoms with van der Waals surface area (Å²) in [6.07, 6.45) is 0.835. The number of nitrogens with one attached hydrogen (secondary N) is 1. The van der Waals surface area contributed by atoms with E-state index in [4.69, 9.17) is 16.3 Å². The number of aldehydes is 1. The van der Waals surface area contributed by atoms with Crippen LogP contribution in [0.4, 0.5) is 5.69 Å². The van der Waals surface area contributed by atoms with Crippen molar-refractivity contribution < 1.29 is 14.5 Å². The fourth-order valence-corrected chi connectivity index (χ4v) is 5.94. The van der Waals surface area contributed by atoms with Gasteiger partial charge in [-0.3, -0.25) is 14.9 Å². The van der Waals surface area contributed by atoms with E-state index < -0.39 is 16.8 Å². The second-order valence-corrected chi connectivity index (χ2v) is 9.11. The van der Waals surface area contributed by atoms with Crippen LogP contribution in [-0.4, -0.2) is 21.9 Å². The molecule has 0 fully saturated rings. The minimum Gasteiger partial charge on any atom is -0.489 e. The zero-order valence-electron chi connectivity index (χ0n) is 15.4. The Balaban J connectivity index is 1.79. The van der Waals surface area contributed by atoms with Gasteiger partial charge in [-0.2, -0.15) is 0 Å². The number of thiazole rings is 1. The average Bonchev–Trinajstić information content (AvgIpc) is 3.12. The van der Waals surface area contributed by atoms with Crippen molar-refractivity contribution in [2.75, 3.05) is 5.75 Å². The van der Waals surface area contributed by atoms with Gasteiger partial charge in [0, 0.05) is 50.7 Å². The third kappa shape index (κ3) is 4.00. The van der Waals surface area contributed by atoms with E-state index in [0.29, 0.717) is 32.0 Å². The number of thioether (sulfide) groups is 1. The second-order valence-electron chi connectivity index (χ2n) is 6.66. The predicted octanol–water partition coefficient (Wildman–Crippen LogP) is 4.63. The third-order valence-electron chi connectivity index (χ3n) is 4.83. The number of benzene rings is 2. The Bertz CT molecular complexity index is 1180. The highest BCUT2D eigenvalue weighted by molar-refractivity contribution is 7.99. The van der Waals surface area contributed by atoms with Crippen molar-refractivity contribution >= 4 is 46.7 Å². The Morgan fingerprint density at radius 1 is 1.30 bits per heavy atom. The fraction of sp³-hybridized carbons (Fsp3) is 0.200. The Hall–Kier alpha value is -2.62. The van der Waals surface area contributed by atoms with Crippen molar-refractivity contribution in [2.24, 2.45) is 5.92 Å². The minimum atomic E-state index is -0.510. The number of H-pyrrole nitrogens is 1. The van der Waals surface area contributed by atoms with Crippen LogP contribution in [0, 0.1) is 16.0 Å². The lowest BCUT2D eigenvalue weighted by Gasteiger charge is -2.28. The lowest BCUT2D eigenvalue weighted by Crippen LogP contribution is -2.22.